The normalized spacial score (nSPS) is 14.9. The van der Waals surface area contributed by atoms with E-state index in [-0.39, 0.29) is 11.0 Å². The van der Waals surface area contributed by atoms with Gasteiger partial charge in [-0.3, -0.25) is 14.3 Å². The molecule has 0 amide bonds. The van der Waals surface area contributed by atoms with Crippen molar-refractivity contribution in [1.82, 2.24) is 19.7 Å². The molecule has 1 aliphatic rings. The molecule has 6 heteroatoms. The van der Waals surface area contributed by atoms with Gasteiger partial charge in [-0.25, -0.2) is 0 Å². The van der Waals surface area contributed by atoms with Crippen LogP contribution in [0.15, 0.2) is 41.8 Å². The predicted octanol–water partition coefficient (Wildman–Crippen LogP) is 4.96. The highest BCUT2D eigenvalue weighted by molar-refractivity contribution is 8.00. The molecule has 1 unspecified atom stereocenters. The molecule has 3 aromatic rings. The summed E-state index contributed by atoms with van der Waals surface area (Å²) in [7, 11) is 0. The summed E-state index contributed by atoms with van der Waals surface area (Å²) in [6.45, 7) is 8.08. The molecule has 2 heterocycles. The smallest absolute Gasteiger partial charge is 0.192 e. The second kappa shape index (κ2) is 7.51. The standard InChI is InChI=1S/C22H24N4OS/c1-13-10-15(3)19(11-14(13)2)20(27)16(4)28-22-25-24-21(26(22)18-7-8-18)17-6-5-9-23-12-17/h5-6,9-12,16,18H,7-8H2,1-4H3. The van der Waals surface area contributed by atoms with Crippen molar-refractivity contribution in [2.75, 3.05) is 0 Å². The van der Waals surface area contributed by atoms with Crippen LogP contribution in [0.3, 0.4) is 0 Å². The number of carbonyl (C=O) groups excluding carboxylic acids is 1. The maximum absolute atomic E-state index is 13.1. The zero-order valence-corrected chi connectivity index (χ0v) is 17.5. The van der Waals surface area contributed by atoms with E-state index in [1.165, 1.54) is 17.3 Å². The molecule has 0 aliphatic heterocycles. The van der Waals surface area contributed by atoms with Gasteiger partial charge in [0.1, 0.15) is 0 Å². The Balaban J connectivity index is 1.62. The van der Waals surface area contributed by atoms with E-state index in [9.17, 15) is 4.79 Å². The van der Waals surface area contributed by atoms with Gasteiger partial charge in [-0.1, -0.05) is 17.8 Å². The molecule has 2 aromatic heterocycles. The first-order valence-electron chi connectivity index (χ1n) is 9.59. The molecule has 0 spiro atoms. The van der Waals surface area contributed by atoms with E-state index in [4.69, 9.17) is 0 Å². The predicted molar refractivity (Wildman–Crippen MR) is 112 cm³/mol. The highest BCUT2D eigenvalue weighted by Crippen LogP contribution is 2.41. The van der Waals surface area contributed by atoms with Crippen LogP contribution in [0.4, 0.5) is 0 Å². The number of aryl methyl sites for hydroxylation is 3. The van der Waals surface area contributed by atoms with Gasteiger partial charge < -0.3 is 0 Å². The highest BCUT2D eigenvalue weighted by Gasteiger charge is 2.32. The molecule has 0 saturated heterocycles. The molecule has 0 radical (unpaired) electrons. The van der Waals surface area contributed by atoms with Crippen molar-refractivity contribution in [3.63, 3.8) is 0 Å². The second-order valence-corrected chi connectivity index (χ2v) is 8.83. The summed E-state index contributed by atoms with van der Waals surface area (Å²) < 4.78 is 2.18. The summed E-state index contributed by atoms with van der Waals surface area (Å²) >= 11 is 1.50. The summed E-state index contributed by atoms with van der Waals surface area (Å²) in [4.78, 5) is 17.3. The number of hydrogen-bond donors (Lipinski definition) is 0. The van der Waals surface area contributed by atoms with Crippen molar-refractivity contribution >= 4 is 17.5 Å². The lowest BCUT2D eigenvalue weighted by Gasteiger charge is -2.15. The van der Waals surface area contributed by atoms with Crippen LogP contribution in [0.1, 0.15) is 52.9 Å². The van der Waals surface area contributed by atoms with Crippen molar-refractivity contribution < 1.29 is 4.79 Å². The van der Waals surface area contributed by atoms with E-state index in [1.807, 2.05) is 45.2 Å². The third-order valence-electron chi connectivity index (χ3n) is 5.25. The van der Waals surface area contributed by atoms with Crippen molar-refractivity contribution in [1.29, 1.82) is 0 Å². The Bertz CT molecular complexity index is 1020. The zero-order chi connectivity index (χ0) is 19.8. The van der Waals surface area contributed by atoms with Crippen LogP contribution >= 0.6 is 11.8 Å². The van der Waals surface area contributed by atoms with Crippen molar-refractivity contribution in [2.45, 2.75) is 57.0 Å². The topological polar surface area (TPSA) is 60.7 Å². The number of Topliss-reactive ketones (excluding diaryl/α,β-unsaturated/α-hetero) is 1. The summed E-state index contributed by atoms with van der Waals surface area (Å²) in [5, 5.41) is 9.41. The summed E-state index contributed by atoms with van der Waals surface area (Å²) in [6.07, 6.45) is 5.81. The molecule has 0 bridgehead atoms. The third-order valence-corrected chi connectivity index (χ3v) is 6.31. The van der Waals surface area contributed by atoms with Gasteiger partial charge in [-0.15, -0.1) is 10.2 Å². The molecule has 1 saturated carbocycles. The van der Waals surface area contributed by atoms with Crippen LogP contribution < -0.4 is 0 Å². The van der Waals surface area contributed by atoms with Crippen LogP contribution in [-0.2, 0) is 0 Å². The van der Waals surface area contributed by atoms with Crippen molar-refractivity contribution in [2.24, 2.45) is 0 Å². The van der Waals surface area contributed by atoms with Crippen LogP contribution in [-0.4, -0.2) is 30.8 Å². The van der Waals surface area contributed by atoms with Gasteiger partial charge in [0, 0.05) is 29.6 Å². The van der Waals surface area contributed by atoms with E-state index in [0.717, 1.165) is 46.1 Å². The number of carbonyl (C=O) groups is 1. The average Bonchev–Trinajstić information content (AvgIpc) is 3.45. The number of aromatic nitrogens is 4. The summed E-state index contributed by atoms with van der Waals surface area (Å²) in [6, 6.07) is 8.42. The van der Waals surface area contributed by atoms with Gasteiger partial charge in [-0.2, -0.15) is 0 Å². The van der Waals surface area contributed by atoms with Gasteiger partial charge in [0.15, 0.2) is 16.8 Å². The SMILES string of the molecule is Cc1cc(C)c(C(=O)C(C)Sc2nnc(-c3cccnc3)n2C2CC2)cc1C. The molecule has 5 nitrogen and oxygen atoms in total. The molecule has 1 aromatic carbocycles. The maximum Gasteiger partial charge on any atom is 0.192 e. The van der Waals surface area contributed by atoms with E-state index in [2.05, 4.69) is 32.7 Å². The Hall–Kier alpha value is -2.47. The molecule has 28 heavy (non-hydrogen) atoms. The van der Waals surface area contributed by atoms with Crippen LogP contribution in [0.5, 0.6) is 0 Å². The third kappa shape index (κ3) is 3.61. The molecule has 1 fully saturated rings. The Morgan fingerprint density at radius 1 is 1.14 bits per heavy atom. The number of benzene rings is 1. The van der Waals surface area contributed by atoms with Crippen molar-refractivity contribution in [3.8, 4) is 11.4 Å². The van der Waals surface area contributed by atoms with Gasteiger partial charge in [0.05, 0.1) is 5.25 Å². The monoisotopic (exact) mass is 392 g/mol. The van der Waals surface area contributed by atoms with Crippen LogP contribution in [0, 0.1) is 20.8 Å². The fraction of sp³-hybridized carbons (Fsp3) is 0.364. The van der Waals surface area contributed by atoms with Crippen LogP contribution in [0.25, 0.3) is 11.4 Å². The lowest BCUT2D eigenvalue weighted by molar-refractivity contribution is 0.0993. The zero-order valence-electron chi connectivity index (χ0n) is 16.6. The Morgan fingerprint density at radius 3 is 2.57 bits per heavy atom. The lowest BCUT2D eigenvalue weighted by atomic mass is 9.97. The van der Waals surface area contributed by atoms with Gasteiger partial charge >= 0.3 is 0 Å². The Labute approximate surface area is 169 Å². The Morgan fingerprint density at radius 2 is 1.89 bits per heavy atom. The molecular formula is C22H24N4OS. The lowest BCUT2D eigenvalue weighted by Crippen LogP contribution is -2.16. The highest BCUT2D eigenvalue weighted by atomic mass is 32.2. The number of hydrogen-bond acceptors (Lipinski definition) is 5. The Kier molecular flexibility index (Phi) is 5.06. The fourth-order valence-corrected chi connectivity index (χ4v) is 4.36. The largest absolute Gasteiger partial charge is 0.299 e. The molecular weight excluding hydrogens is 368 g/mol. The van der Waals surface area contributed by atoms with Crippen molar-refractivity contribution in [3.05, 3.63) is 58.9 Å². The van der Waals surface area contributed by atoms with E-state index in [0.29, 0.717) is 6.04 Å². The molecule has 1 aliphatic carbocycles. The van der Waals surface area contributed by atoms with Gasteiger partial charge in [0.2, 0.25) is 0 Å². The quantitative estimate of drug-likeness (QED) is 0.438. The first kappa shape index (κ1) is 18.9. The average molecular weight is 393 g/mol. The van der Waals surface area contributed by atoms with E-state index in [1.54, 1.807) is 6.20 Å². The molecule has 144 valence electrons. The van der Waals surface area contributed by atoms with Gasteiger partial charge in [-0.05, 0) is 75.4 Å². The van der Waals surface area contributed by atoms with E-state index < -0.39 is 0 Å². The minimum Gasteiger partial charge on any atom is -0.299 e. The van der Waals surface area contributed by atoms with Crippen LogP contribution in [0.2, 0.25) is 0 Å². The minimum absolute atomic E-state index is 0.138. The number of nitrogens with zero attached hydrogens (tertiary/aromatic N) is 4. The number of pyridine rings is 1. The minimum atomic E-state index is -0.232. The van der Waals surface area contributed by atoms with E-state index >= 15 is 0 Å². The van der Waals surface area contributed by atoms with Gasteiger partial charge in [0.25, 0.3) is 0 Å². The number of rotatable bonds is 6. The number of ketones is 1. The first-order valence-corrected chi connectivity index (χ1v) is 10.5. The molecule has 0 N–H and O–H groups in total. The number of thioether (sulfide) groups is 1. The second-order valence-electron chi connectivity index (χ2n) is 7.52. The first-order chi connectivity index (χ1) is 13.5. The maximum atomic E-state index is 13.1. The summed E-state index contributed by atoms with van der Waals surface area (Å²) in [5.41, 5.74) is 5.14. The fourth-order valence-electron chi connectivity index (χ4n) is 3.37. The summed E-state index contributed by atoms with van der Waals surface area (Å²) in [5.74, 6) is 0.971. The molecule has 1 atom stereocenters. The molecule has 4 rings (SSSR count).